The van der Waals surface area contributed by atoms with Gasteiger partial charge in [-0.15, -0.1) is 0 Å². The number of hydrogen-bond donors (Lipinski definition) is 11. The lowest BCUT2D eigenvalue weighted by Gasteiger charge is -2.05. The van der Waals surface area contributed by atoms with E-state index in [1.165, 1.54) is 42.0 Å². The SMILES string of the molecule is COc1cccc(CN)c1O.Cc1cc([N+](=O)[O-])cc(CN)c1O.Cc1ccc(CO)cc1CN.Cc1ccc(O)cc1CN.Cc1ccccc1CN.NCc1cc(Cl)ccc1O. The van der Waals surface area contributed by atoms with Crippen molar-refractivity contribution in [2.45, 2.75) is 73.6 Å². The molecule has 0 aliphatic carbocycles. The van der Waals surface area contributed by atoms with Gasteiger partial charge in [-0.3, -0.25) is 10.1 Å². The Morgan fingerprint density at radius 2 is 1.08 bits per heavy atom. The molecule has 0 fully saturated rings. The third-order valence-electron chi connectivity index (χ3n) is 9.43. The summed E-state index contributed by atoms with van der Waals surface area (Å²) in [7, 11) is 1.51. The predicted octanol–water partition coefficient (Wildman–Crippen LogP) is 6.99. The van der Waals surface area contributed by atoms with E-state index in [0.29, 0.717) is 65.7 Å². The molecule has 346 valence electrons. The molecule has 0 atom stereocenters. The van der Waals surface area contributed by atoms with Crippen molar-refractivity contribution in [3.8, 4) is 28.7 Å². The van der Waals surface area contributed by atoms with Crippen molar-refractivity contribution in [3.63, 3.8) is 0 Å². The minimum Gasteiger partial charge on any atom is -0.508 e. The van der Waals surface area contributed by atoms with Crippen molar-refractivity contribution in [2.75, 3.05) is 7.11 Å². The fraction of sp³-hybridized carbons (Fsp3) is 0.250. The lowest BCUT2D eigenvalue weighted by Crippen LogP contribution is -2.00. The Labute approximate surface area is 380 Å². The lowest BCUT2D eigenvalue weighted by atomic mass is 10.1. The quantitative estimate of drug-likeness (QED) is 0.0515. The number of benzene rings is 6. The highest BCUT2D eigenvalue weighted by molar-refractivity contribution is 6.30. The van der Waals surface area contributed by atoms with Gasteiger partial charge in [-0.05, 0) is 109 Å². The number of nitro groups is 1. The Bertz CT molecular complexity index is 2270. The number of ether oxygens (including phenoxy) is 1. The molecule has 64 heavy (non-hydrogen) atoms. The average molecular weight is 903 g/mol. The molecule has 0 spiro atoms. The molecule has 0 aromatic heterocycles. The number of phenols is 4. The second kappa shape index (κ2) is 29.9. The molecule has 16 heteroatoms. The summed E-state index contributed by atoms with van der Waals surface area (Å²) in [4.78, 5) is 9.91. The van der Waals surface area contributed by atoms with Crippen LogP contribution in [0.4, 0.5) is 5.69 Å². The van der Waals surface area contributed by atoms with E-state index in [-0.39, 0.29) is 41.8 Å². The maximum atomic E-state index is 10.4. The maximum Gasteiger partial charge on any atom is 0.270 e. The molecule has 6 aromatic carbocycles. The Morgan fingerprint density at radius 1 is 0.547 bits per heavy atom. The van der Waals surface area contributed by atoms with Gasteiger partial charge in [0, 0.05) is 73.1 Å². The first kappa shape index (κ1) is 55.7. The van der Waals surface area contributed by atoms with E-state index >= 15 is 0 Å². The molecule has 0 heterocycles. The fourth-order valence-electron chi connectivity index (χ4n) is 5.47. The number of nitrogens with zero attached hydrogens (tertiary/aromatic N) is 1. The van der Waals surface area contributed by atoms with Gasteiger partial charge in [-0.2, -0.15) is 0 Å². The standard InChI is InChI=1S/C9H13NO.C8H10N2O3.C8H11NO2.C8H11NO.C8H11N.C7H8ClNO/c1-7-2-3-8(6-11)4-9(7)5-10;1-5-2-7(10(12)13)3-6(4-9)8(5)11;1-11-7-4-2-3-6(5-9)8(7)10;1-6-2-3-8(10)4-7(6)5-9;1-7-4-2-3-5-8(7)6-9;8-6-1-2-7(10)5(3-6)4-9/h2-4,11H,5-6,10H2,1H3;2-3,11H,4,9H2,1H3;2-4,10H,5,9H2,1H3;2-4,10H,5,9H2,1H3;2-5H,6,9H2,1H3;1-3,10H,4,9H2. The van der Waals surface area contributed by atoms with Gasteiger partial charge >= 0.3 is 0 Å². The van der Waals surface area contributed by atoms with Crippen LogP contribution in [0, 0.1) is 37.8 Å². The van der Waals surface area contributed by atoms with Crippen molar-refractivity contribution in [3.05, 3.63) is 186 Å². The molecule has 17 N–H and O–H groups in total. The Kier molecular flexibility index (Phi) is 26.1. The normalized spacial score (nSPS) is 9.83. The summed E-state index contributed by atoms with van der Waals surface area (Å²) in [5.74, 6) is 1.12. The number of nitrogens with two attached hydrogens (primary N) is 6. The fourth-order valence-corrected chi connectivity index (χ4v) is 5.66. The van der Waals surface area contributed by atoms with Gasteiger partial charge in [0.05, 0.1) is 18.6 Å². The molecule has 15 nitrogen and oxygen atoms in total. The highest BCUT2D eigenvalue weighted by Gasteiger charge is 2.12. The first-order valence-corrected chi connectivity index (χ1v) is 20.3. The van der Waals surface area contributed by atoms with Crippen LogP contribution in [-0.2, 0) is 45.9 Å². The molecule has 0 unspecified atom stereocenters. The minimum atomic E-state index is -0.508. The van der Waals surface area contributed by atoms with Crippen LogP contribution >= 0.6 is 11.6 Å². The number of methoxy groups -OCH3 is 1. The van der Waals surface area contributed by atoms with Crippen LogP contribution in [0.15, 0.2) is 109 Å². The number of aromatic hydroxyl groups is 4. The van der Waals surface area contributed by atoms with E-state index in [1.807, 2.05) is 50.2 Å². The van der Waals surface area contributed by atoms with E-state index in [2.05, 4.69) is 19.1 Å². The monoisotopic (exact) mass is 901 g/mol. The summed E-state index contributed by atoms with van der Waals surface area (Å²) in [5.41, 5.74) is 42.4. The van der Waals surface area contributed by atoms with E-state index in [0.717, 1.165) is 22.3 Å². The van der Waals surface area contributed by atoms with Gasteiger partial charge in [-0.1, -0.05) is 72.3 Å². The highest BCUT2D eigenvalue weighted by Crippen LogP contribution is 2.29. The summed E-state index contributed by atoms with van der Waals surface area (Å²) >= 11 is 5.63. The molecule has 0 saturated carbocycles. The smallest absolute Gasteiger partial charge is 0.270 e. The second-order valence-corrected chi connectivity index (χ2v) is 14.4. The first-order valence-electron chi connectivity index (χ1n) is 20.0. The van der Waals surface area contributed by atoms with Gasteiger partial charge < -0.3 is 64.7 Å². The predicted molar refractivity (Wildman–Crippen MR) is 256 cm³/mol. The van der Waals surface area contributed by atoms with Crippen LogP contribution < -0.4 is 39.1 Å². The van der Waals surface area contributed by atoms with Crippen LogP contribution in [0.3, 0.4) is 0 Å². The molecule has 6 aromatic rings. The average Bonchev–Trinajstić information content (AvgIpc) is 3.30. The number of aryl methyl sites for hydroxylation is 4. The number of aliphatic hydroxyl groups excluding tert-OH is 1. The lowest BCUT2D eigenvalue weighted by molar-refractivity contribution is -0.385. The molecular weight excluding hydrogens is 838 g/mol. The Morgan fingerprint density at radius 3 is 1.56 bits per heavy atom. The topological polar surface area (TPSA) is 310 Å². The summed E-state index contributed by atoms with van der Waals surface area (Å²) in [6.45, 7) is 10.2. The molecule has 0 bridgehead atoms. The second-order valence-electron chi connectivity index (χ2n) is 13.9. The van der Waals surface area contributed by atoms with Crippen LogP contribution in [0.1, 0.15) is 61.2 Å². The van der Waals surface area contributed by atoms with E-state index < -0.39 is 4.92 Å². The molecule has 0 saturated heterocycles. The largest absolute Gasteiger partial charge is 0.508 e. The number of para-hydroxylation sites is 1. The van der Waals surface area contributed by atoms with Crippen LogP contribution in [-0.4, -0.2) is 37.6 Å². The van der Waals surface area contributed by atoms with Crippen molar-refractivity contribution in [2.24, 2.45) is 34.4 Å². The summed E-state index contributed by atoms with van der Waals surface area (Å²) in [6, 6.07) is 31.8. The minimum absolute atomic E-state index is 0.0353. The highest BCUT2D eigenvalue weighted by atomic mass is 35.5. The molecular formula is C48H64ClN7O8. The zero-order chi connectivity index (χ0) is 48.4. The van der Waals surface area contributed by atoms with Gasteiger partial charge in [-0.25, -0.2) is 0 Å². The van der Waals surface area contributed by atoms with E-state index in [1.54, 1.807) is 49.4 Å². The molecule has 0 aliphatic heterocycles. The zero-order valence-corrected chi connectivity index (χ0v) is 37.8. The molecule has 6 rings (SSSR count). The summed E-state index contributed by atoms with van der Waals surface area (Å²) in [5, 5.41) is 56.7. The number of aliphatic hydroxyl groups is 1. The van der Waals surface area contributed by atoms with Gasteiger partial charge in [0.2, 0.25) is 0 Å². The van der Waals surface area contributed by atoms with E-state index in [9.17, 15) is 20.3 Å². The van der Waals surface area contributed by atoms with E-state index in [4.69, 9.17) is 66.1 Å². The Hall–Kier alpha value is -6.27. The maximum absolute atomic E-state index is 10.4. The van der Waals surface area contributed by atoms with Crippen molar-refractivity contribution in [1.29, 1.82) is 0 Å². The van der Waals surface area contributed by atoms with Crippen LogP contribution in [0.25, 0.3) is 0 Å². The number of phenolic OH excluding ortho intramolecular Hbond substituents is 4. The van der Waals surface area contributed by atoms with Crippen molar-refractivity contribution < 1.29 is 35.2 Å². The summed E-state index contributed by atoms with van der Waals surface area (Å²) in [6.07, 6.45) is 0. The van der Waals surface area contributed by atoms with Crippen molar-refractivity contribution >= 4 is 17.3 Å². The van der Waals surface area contributed by atoms with Crippen LogP contribution in [0.5, 0.6) is 28.7 Å². The molecule has 0 amide bonds. The number of nitro benzene ring substituents is 1. The molecule has 0 radical (unpaired) electrons. The van der Waals surface area contributed by atoms with Crippen molar-refractivity contribution in [1.82, 2.24) is 0 Å². The van der Waals surface area contributed by atoms with Gasteiger partial charge in [0.15, 0.2) is 11.5 Å². The van der Waals surface area contributed by atoms with Gasteiger partial charge in [0.25, 0.3) is 5.69 Å². The number of hydrogen-bond acceptors (Lipinski definition) is 14. The number of non-ortho nitro benzene ring substituents is 1. The zero-order valence-electron chi connectivity index (χ0n) is 37.1. The number of rotatable bonds is 9. The third-order valence-corrected chi connectivity index (χ3v) is 9.66. The third kappa shape index (κ3) is 19.0. The Balaban J connectivity index is 0.000000385. The summed E-state index contributed by atoms with van der Waals surface area (Å²) < 4.78 is 4.88. The number of halogens is 1. The first-order chi connectivity index (χ1) is 30.4. The molecule has 0 aliphatic rings. The van der Waals surface area contributed by atoms with Gasteiger partial charge in [0.1, 0.15) is 17.2 Å². The van der Waals surface area contributed by atoms with Crippen LogP contribution in [0.2, 0.25) is 5.02 Å².